The molecular weight excluding hydrogens is 618 g/mol. The minimum atomic E-state index is -3.78. The number of amides is 4. The zero-order valence-corrected chi connectivity index (χ0v) is 27.8. The number of carbonyl (C=O) groups excluding carboxylic acids is 4. The molecule has 3 aliphatic heterocycles. The third kappa shape index (κ3) is 6.97. The van der Waals surface area contributed by atoms with Gasteiger partial charge in [-0.25, -0.2) is 17.7 Å². The summed E-state index contributed by atoms with van der Waals surface area (Å²) in [6.45, 7) is 2.62. The van der Waals surface area contributed by atoms with Gasteiger partial charge < -0.3 is 15.1 Å². The van der Waals surface area contributed by atoms with Gasteiger partial charge in [0.1, 0.15) is 17.8 Å². The van der Waals surface area contributed by atoms with Gasteiger partial charge in [0.2, 0.25) is 21.8 Å². The van der Waals surface area contributed by atoms with Crippen LogP contribution in [0.2, 0.25) is 0 Å². The Hall–Kier alpha value is -4.06. The second kappa shape index (κ2) is 13.6. The Balaban J connectivity index is 1.17. The summed E-state index contributed by atoms with van der Waals surface area (Å²) in [7, 11) is -2.08. The monoisotopic (exact) mass is 661 g/mol. The number of β-lactam (4-membered cyclic amide) rings is 1. The van der Waals surface area contributed by atoms with Gasteiger partial charge in [0.25, 0.3) is 11.8 Å². The summed E-state index contributed by atoms with van der Waals surface area (Å²) in [6, 6.07) is 10.7. The van der Waals surface area contributed by atoms with Crippen LogP contribution in [0.15, 0.2) is 54.6 Å². The lowest BCUT2D eigenvalue weighted by molar-refractivity contribution is -0.145. The summed E-state index contributed by atoms with van der Waals surface area (Å²) >= 11 is 0. The molecule has 11 nitrogen and oxygen atoms in total. The first-order chi connectivity index (χ1) is 22.5. The van der Waals surface area contributed by atoms with Crippen molar-refractivity contribution in [2.24, 2.45) is 5.92 Å². The van der Waals surface area contributed by atoms with Crippen molar-refractivity contribution in [1.29, 1.82) is 0 Å². The smallest absolute Gasteiger partial charge is 0.272 e. The number of pyridine rings is 1. The molecule has 4 aliphatic rings. The molecule has 1 aliphatic carbocycles. The van der Waals surface area contributed by atoms with Crippen LogP contribution in [0.25, 0.3) is 11.3 Å². The van der Waals surface area contributed by atoms with Gasteiger partial charge >= 0.3 is 0 Å². The quantitative estimate of drug-likeness (QED) is 0.370. The lowest BCUT2D eigenvalue weighted by Crippen LogP contribution is -2.72. The fraction of sp³-hybridized carbons (Fsp3) is 0.514. The van der Waals surface area contributed by atoms with Crippen LogP contribution in [0.5, 0.6) is 0 Å². The van der Waals surface area contributed by atoms with E-state index in [0.717, 1.165) is 41.1 Å². The first kappa shape index (κ1) is 32.9. The average Bonchev–Trinajstić information content (AvgIpc) is 3.84. The highest BCUT2D eigenvalue weighted by molar-refractivity contribution is 7.90. The number of nitrogens with zero attached hydrogens (tertiary/aromatic N) is 4. The molecule has 250 valence electrons. The molecule has 47 heavy (non-hydrogen) atoms. The normalized spacial score (nSPS) is 26.3. The Kier molecular flexibility index (Phi) is 9.50. The zero-order valence-electron chi connectivity index (χ0n) is 27.0. The van der Waals surface area contributed by atoms with Crippen LogP contribution in [-0.4, -0.2) is 94.6 Å². The van der Waals surface area contributed by atoms with Gasteiger partial charge in [-0.3, -0.25) is 19.2 Å². The maximum absolute atomic E-state index is 13.8. The Morgan fingerprint density at radius 1 is 1.02 bits per heavy atom. The summed E-state index contributed by atoms with van der Waals surface area (Å²) in [5, 5.41) is 2.26. The van der Waals surface area contributed by atoms with E-state index in [1.165, 1.54) is 0 Å². The number of aryl methyl sites for hydroxylation is 1. The number of hydrogen-bond acceptors (Lipinski definition) is 7. The molecule has 0 spiro atoms. The Morgan fingerprint density at radius 2 is 1.77 bits per heavy atom. The molecule has 1 N–H and O–H groups in total. The van der Waals surface area contributed by atoms with E-state index in [1.807, 2.05) is 43.3 Å². The summed E-state index contributed by atoms with van der Waals surface area (Å²) < 4.78 is 27.0. The predicted molar refractivity (Wildman–Crippen MR) is 176 cm³/mol. The molecule has 0 bridgehead atoms. The van der Waals surface area contributed by atoms with Crippen LogP contribution in [0.4, 0.5) is 0 Å². The van der Waals surface area contributed by atoms with Crippen LogP contribution in [0.1, 0.15) is 73.8 Å². The molecule has 2 aromatic rings. The summed E-state index contributed by atoms with van der Waals surface area (Å²) in [6.07, 6.45) is 9.43. The van der Waals surface area contributed by atoms with Crippen molar-refractivity contribution < 1.29 is 27.6 Å². The predicted octanol–water partition coefficient (Wildman–Crippen LogP) is 3.44. The highest BCUT2D eigenvalue weighted by Gasteiger charge is 2.57. The summed E-state index contributed by atoms with van der Waals surface area (Å²) in [5.74, 6) is -1.68. The standard InChI is InChI=1S/C35H43N5O6S/c1-23-14-16-25(17-15-23)27-10-9-11-28(36-27)34(43)38(2)21-24-20-30-33(42)37-32-29(40(35(32)44)47(45,46)26-18-19-26)12-7-5-3-4-6-8-13-31(41)39(30)22-24/h7,9-12,14-17,24,26,29-30,32H,3-6,8,13,18-22H2,1-2H3,(H,37,42)/b12-7-/t24-,29-,30-,32?/m0/s1. The third-order valence-corrected chi connectivity index (χ3v) is 11.9. The number of nitrogens with one attached hydrogen (secondary N) is 1. The van der Waals surface area contributed by atoms with Crippen LogP contribution < -0.4 is 5.32 Å². The Morgan fingerprint density at radius 3 is 2.51 bits per heavy atom. The van der Waals surface area contributed by atoms with Crippen molar-refractivity contribution >= 4 is 33.7 Å². The second-order valence-corrected chi connectivity index (χ2v) is 15.4. The van der Waals surface area contributed by atoms with Crippen LogP contribution in [-0.2, 0) is 24.4 Å². The molecule has 1 saturated carbocycles. The van der Waals surface area contributed by atoms with E-state index >= 15 is 0 Å². The van der Waals surface area contributed by atoms with E-state index in [2.05, 4.69) is 10.3 Å². The van der Waals surface area contributed by atoms with Gasteiger partial charge in [-0.15, -0.1) is 0 Å². The zero-order chi connectivity index (χ0) is 33.3. The van der Waals surface area contributed by atoms with E-state index in [4.69, 9.17) is 0 Å². The van der Waals surface area contributed by atoms with Gasteiger partial charge in [-0.05, 0) is 63.5 Å². The molecule has 3 fully saturated rings. The number of fused-ring (bicyclic) bond motifs is 2. The lowest BCUT2D eigenvalue weighted by atomic mass is 9.96. The highest BCUT2D eigenvalue weighted by atomic mass is 32.2. The molecule has 4 atom stereocenters. The average molecular weight is 662 g/mol. The minimum absolute atomic E-state index is 0.128. The molecule has 6 rings (SSSR count). The molecular formula is C35H43N5O6S. The maximum Gasteiger partial charge on any atom is 0.272 e. The SMILES string of the molecule is Cc1ccc(-c2cccc(C(=O)N(C)C[C@@H]3C[C@H]4C(=O)NC5C(=O)N(S(=O)(=O)C6CC6)[C@H]5/C=C\CCCCCCC(=O)N4C3)n2)cc1. The number of rotatable bonds is 6. The number of sulfonamides is 1. The van der Waals surface area contributed by atoms with Crippen LogP contribution in [0, 0.1) is 12.8 Å². The van der Waals surface area contributed by atoms with Crippen molar-refractivity contribution in [3.8, 4) is 11.3 Å². The minimum Gasteiger partial charge on any atom is -0.340 e. The lowest BCUT2D eigenvalue weighted by Gasteiger charge is -2.45. The van der Waals surface area contributed by atoms with Gasteiger partial charge in [0.15, 0.2) is 0 Å². The van der Waals surface area contributed by atoms with Crippen molar-refractivity contribution in [3.05, 3.63) is 65.9 Å². The van der Waals surface area contributed by atoms with Crippen molar-refractivity contribution in [3.63, 3.8) is 0 Å². The van der Waals surface area contributed by atoms with E-state index in [-0.39, 0.29) is 17.7 Å². The summed E-state index contributed by atoms with van der Waals surface area (Å²) in [5.41, 5.74) is 3.04. The third-order valence-electron chi connectivity index (χ3n) is 9.66. The molecule has 1 aromatic heterocycles. The fourth-order valence-electron chi connectivity index (χ4n) is 6.85. The second-order valence-electron chi connectivity index (χ2n) is 13.4. The first-order valence-corrected chi connectivity index (χ1v) is 18.2. The first-order valence-electron chi connectivity index (χ1n) is 16.7. The van der Waals surface area contributed by atoms with Crippen molar-refractivity contribution in [2.45, 2.75) is 88.1 Å². The van der Waals surface area contributed by atoms with E-state index < -0.39 is 45.2 Å². The topological polar surface area (TPSA) is 137 Å². The number of carbonyl (C=O) groups is 4. The molecule has 1 aromatic carbocycles. The maximum atomic E-state index is 13.8. The number of hydrogen-bond donors (Lipinski definition) is 1. The molecule has 2 saturated heterocycles. The van der Waals surface area contributed by atoms with E-state index in [1.54, 1.807) is 35.1 Å². The fourth-order valence-corrected chi connectivity index (χ4v) is 8.79. The van der Waals surface area contributed by atoms with Gasteiger partial charge in [0.05, 0.1) is 17.0 Å². The Labute approximate surface area is 276 Å². The molecule has 4 heterocycles. The van der Waals surface area contributed by atoms with Gasteiger partial charge in [-0.1, -0.05) is 60.9 Å². The van der Waals surface area contributed by atoms with Crippen molar-refractivity contribution in [2.75, 3.05) is 20.1 Å². The number of aromatic nitrogens is 1. The number of benzene rings is 1. The van der Waals surface area contributed by atoms with Crippen LogP contribution >= 0.6 is 0 Å². The van der Waals surface area contributed by atoms with E-state index in [0.29, 0.717) is 56.6 Å². The Bertz CT molecular complexity index is 1670. The summed E-state index contributed by atoms with van der Waals surface area (Å²) in [4.78, 5) is 61.6. The largest absolute Gasteiger partial charge is 0.340 e. The van der Waals surface area contributed by atoms with Gasteiger partial charge in [0, 0.05) is 32.1 Å². The highest BCUT2D eigenvalue weighted by Crippen LogP contribution is 2.37. The van der Waals surface area contributed by atoms with Crippen molar-refractivity contribution in [1.82, 2.24) is 24.4 Å². The molecule has 4 amide bonds. The van der Waals surface area contributed by atoms with E-state index in [9.17, 15) is 27.6 Å². The molecule has 12 heteroatoms. The van der Waals surface area contributed by atoms with Gasteiger partial charge in [-0.2, -0.15) is 0 Å². The van der Waals surface area contributed by atoms with Crippen LogP contribution in [0.3, 0.4) is 0 Å². The molecule has 1 unspecified atom stereocenters. The molecule has 0 radical (unpaired) electrons. The number of allylic oxidation sites excluding steroid dienone is 1.